The SMILES string of the molecule is C[C@H]1CN(S(=O)(=O)c2cccc(S(C)(=O)=O)c2)C[C@H](C)O1. The van der Waals surface area contributed by atoms with Crippen LogP contribution in [0.1, 0.15) is 13.8 Å². The molecule has 1 fully saturated rings. The fourth-order valence-corrected chi connectivity index (χ4v) is 4.72. The van der Waals surface area contributed by atoms with Crippen molar-refractivity contribution in [3.8, 4) is 0 Å². The van der Waals surface area contributed by atoms with Crippen molar-refractivity contribution in [3.05, 3.63) is 24.3 Å². The molecule has 0 unspecified atom stereocenters. The van der Waals surface area contributed by atoms with Gasteiger partial charge in [-0.15, -0.1) is 0 Å². The summed E-state index contributed by atoms with van der Waals surface area (Å²) >= 11 is 0. The van der Waals surface area contributed by atoms with E-state index < -0.39 is 19.9 Å². The van der Waals surface area contributed by atoms with Gasteiger partial charge in [-0.25, -0.2) is 16.8 Å². The van der Waals surface area contributed by atoms with Gasteiger partial charge in [0.25, 0.3) is 0 Å². The molecular weight excluding hydrogens is 314 g/mol. The number of hydrogen-bond donors (Lipinski definition) is 0. The van der Waals surface area contributed by atoms with Crippen molar-refractivity contribution >= 4 is 19.9 Å². The lowest BCUT2D eigenvalue weighted by atomic mass is 10.3. The smallest absolute Gasteiger partial charge is 0.243 e. The second-order valence-corrected chi connectivity index (χ2v) is 9.28. The molecule has 1 heterocycles. The van der Waals surface area contributed by atoms with Crippen molar-refractivity contribution in [1.29, 1.82) is 0 Å². The molecule has 0 N–H and O–H groups in total. The Kier molecular flexibility index (Phi) is 4.44. The van der Waals surface area contributed by atoms with Gasteiger partial charge in [-0.3, -0.25) is 0 Å². The largest absolute Gasteiger partial charge is 0.373 e. The van der Waals surface area contributed by atoms with E-state index in [1.54, 1.807) is 0 Å². The lowest BCUT2D eigenvalue weighted by Gasteiger charge is -2.34. The van der Waals surface area contributed by atoms with Crippen LogP contribution in [0.5, 0.6) is 0 Å². The molecule has 0 amide bonds. The van der Waals surface area contributed by atoms with E-state index in [-0.39, 0.29) is 35.1 Å². The maximum absolute atomic E-state index is 12.6. The van der Waals surface area contributed by atoms with Crippen LogP contribution in [0.25, 0.3) is 0 Å². The number of rotatable bonds is 3. The van der Waals surface area contributed by atoms with Crippen molar-refractivity contribution in [3.63, 3.8) is 0 Å². The maximum Gasteiger partial charge on any atom is 0.243 e. The van der Waals surface area contributed by atoms with Crippen LogP contribution in [0.15, 0.2) is 34.1 Å². The highest BCUT2D eigenvalue weighted by molar-refractivity contribution is 7.91. The Labute approximate surface area is 125 Å². The molecule has 2 atom stereocenters. The van der Waals surface area contributed by atoms with E-state index in [4.69, 9.17) is 4.74 Å². The molecule has 1 saturated heterocycles. The summed E-state index contributed by atoms with van der Waals surface area (Å²) in [4.78, 5) is -0.00958. The van der Waals surface area contributed by atoms with Crippen LogP contribution < -0.4 is 0 Å². The Morgan fingerprint density at radius 1 is 1.05 bits per heavy atom. The summed E-state index contributed by atoms with van der Waals surface area (Å²) < 4.78 is 55.3. The fourth-order valence-electron chi connectivity index (χ4n) is 2.34. The Balaban J connectivity index is 2.40. The van der Waals surface area contributed by atoms with Gasteiger partial charge in [0.15, 0.2) is 9.84 Å². The molecule has 2 rings (SSSR count). The van der Waals surface area contributed by atoms with Gasteiger partial charge in [-0.2, -0.15) is 4.31 Å². The van der Waals surface area contributed by atoms with Crippen molar-refractivity contribution in [2.75, 3.05) is 19.3 Å². The molecule has 0 aliphatic carbocycles. The van der Waals surface area contributed by atoms with E-state index in [0.717, 1.165) is 6.26 Å². The quantitative estimate of drug-likeness (QED) is 0.820. The van der Waals surface area contributed by atoms with Crippen LogP contribution in [0.3, 0.4) is 0 Å². The lowest BCUT2D eigenvalue weighted by Crippen LogP contribution is -2.48. The second-order valence-electron chi connectivity index (χ2n) is 5.33. The third kappa shape index (κ3) is 3.63. The maximum atomic E-state index is 12.6. The molecule has 1 aliphatic rings. The number of ether oxygens (including phenoxy) is 1. The van der Waals surface area contributed by atoms with Crippen LogP contribution >= 0.6 is 0 Å². The summed E-state index contributed by atoms with van der Waals surface area (Å²) in [5.74, 6) is 0. The van der Waals surface area contributed by atoms with E-state index in [0.29, 0.717) is 0 Å². The first kappa shape index (κ1) is 16.4. The molecule has 1 aromatic carbocycles. The summed E-state index contributed by atoms with van der Waals surface area (Å²) in [7, 11) is -7.17. The summed E-state index contributed by atoms with van der Waals surface area (Å²) in [6.07, 6.45) is 0.667. The molecule has 0 spiro atoms. The van der Waals surface area contributed by atoms with Crippen molar-refractivity contribution in [1.82, 2.24) is 4.31 Å². The van der Waals surface area contributed by atoms with Gasteiger partial charge in [0, 0.05) is 19.3 Å². The minimum absolute atomic E-state index is 0.00192. The molecule has 1 aromatic rings. The normalized spacial score (nSPS) is 24.9. The minimum atomic E-state index is -3.72. The zero-order valence-electron chi connectivity index (χ0n) is 12.2. The Morgan fingerprint density at radius 2 is 1.57 bits per heavy atom. The van der Waals surface area contributed by atoms with Crippen molar-refractivity contribution in [2.45, 2.75) is 35.8 Å². The lowest BCUT2D eigenvalue weighted by molar-refractivity contribution is -0.0440. The van der Waals surface area contributed by atoms with Crippen molar-refractivity contribution < 1.29 is 21.6 Å². The van der Waals surface area contributed by atoms with E-state index >= 15 is 0 Å². The molecule has 8 heteroatoms. The average molecular weight is 333 g/mol. The van der Waals surface area contributed by atoms with E-state index in [9.17, 15) is 16.8 Å². The number of sulfonamides is 1. The molecule has 1 aliphatic heterocycles. The standard InChI is InChI=1S/C13H19NO5S2/c1-10-8-14(9-11(2)19-10)21(17,18)13-6-4-5-12(7-13)20(3,15)16/h4-7,10-11H,8-9H2,1-3H3/t10-,11-/m0/s1. The van der Waals surface area contributed by atoms with Crippen molar-refractivity contribution in [2.24, 2.45) is 0 Å². The van der Waals surface area contributed by atoms with Crippen LogP contribution in [-0.2, 0) is 24.6 Å². The first-order valence-electron chi connectivity index (χ1n) is 6.56. The molecule has 118 valence electrons. The zero-order valence-corrected chi connectivity index (χ0v) is 13.8. The topological polar surface area (TPSA) is 80.8 Å². The van der Waals surface area contributed by atoms with Gasteiger partial charge in [0.1, 0.15) is 0 Å². The van der Waals surface area contributed by atoms with E-state index in [1.807, 2.05) is 13.8 Å². The summed E-state index contributed by atoms with van der Waals surface area (Å²) in [6.45, 7) is 4.14. The average Bonchev–Trinajstić information content (AvgIpc) is 2.36. The number of benzene rings is 1. The fraction of sp³-hybridized carbons (Fsp3) is 0.538. The van der Waals surface area contributed by atoms with E-state index in [2.05, 4.69) is 0 Å². The predicted molar refractivity (Wildman–Crippen MR) is 78.3 cm³/mol. The summed E-state index contributed by atoms with van der Waals surface area (Å²) in [5.41, 5.74) is 0. The first-order chi connectivity index (χ1) is 9.60. The number of sulfone groups is 1. The Morgan fingerprint density at radius 3 is 2.10 bits per heavy atom. The molecule has 0 aromatic heterocycles. The first-order valence-corrected chi connectivity index (χ1v) is 9.89. The second kappa shape index (κ2) is 5.68. The molecular formula is C13H19NO5S2. The Bertz CT molecular complexity index is 717. The summed E-state index contributed by atoms with van der Waals surface area (Å²) in [5, 5.41) is 0. The predicted octanol–water partition coefficient (Wildman–Crippen LogP) is 0.888. The third-order valence-corrected chi connectivity index (χ3v) is 6.20. The van der Waals surface area contributed by atoms with Gasteiger partial charge in [-0.1, -0.05) is 6.07 Å². The molecule has 21 heavy (non-hydrogen) atoms. The number of morpholine rings is 1. The van der Waals surface area contributed by atoms with Gasteiger partial charge in [-0.05, 0) is 32.0 Å². The van der Waals surface area contributed by atoms with Gasteiger partial charge < -0.3 is 4.74 Å². The van der Waals surface area contributed by atoms with Crippen LogP contribution in [-0.4, -0.2) is 52.7 Å². The van der Waals surface area contributed by atoms with Gasteiger partial charge in [0.05, 0.1) is 22.0 Å². The minimum Gasteiger partial charge on any atom is -0.373 e. The zero-order chi connectivity index (χ0) is 15.8. The molecule has 0 saturated carbocycles. The highest BCUT2D eigenvalue weighted by Gasteiger charge is 2.32. The molecule has 0 radical (unpaired) electrons. The van der Waals surface area contributed by atoms with Crippen LogP contribution in [0.2, 0.25) is 0 Å². The Hall–Kier alpha value is -0.960. The highest BCUT2D eigenvalue weighted by atomic mass is 32.2. The van der Waals surface area contributed by atoms with Crippen LogP contribution in [0, 0.1) is 0 Å². The monoisotopic (exact) mass is 333 g/mol. The van der Waals surface area contributed by atoms with E-state index in [1.165, 1.54) is 28.6 Å². The molecule has 6 nitrogen and oxygen atoms in total. The number of hydrogen-bond acceptors (Lipinski definition) is 5. The summed E-state index contributed by atoms with van der Waals surface area (Å²) in [6, 6.07) is 5.44. The van der Waals surface area contributed by atoms with Gasteiger partial charge >= 0.3 is 0 Å². The number of nitrogens with zero attached hydrogens (tertiary/aromatic N) is 1. The third-order valence-electron chi connectivity index (χ3n) is 3.26. The van der Waals surface area contributed by atoms with Crippen LogP contribution in [0.4, 0.5) is 0 Å². The highest BCUT2D eigenvalue weighted by Crippen LogP contribution is 2.23. The van der Waals surface area contributed by atoms with Gasteiger partial charge in [0.2, 0.25) is 10.0 Å². The molecule has 0 bridgehead atoms.